The van der Waals surface area contributed by atoms with Gasteiger partial charge in [0.05, 0.1) is 5.41 Å². The molecule has 1 aliphatic carbocycles. The Morgan fingerprint density at radius 3 is 2.44 bits per heavy atom. The minimum absolute atomic E-state index is 0.251. The lowest BCUT2D eigenvalue weighted by Gasteiger charge is -2.28. The Morgan fingerprint density at radius 2 is 1.89 bits per heavy atom. The predicted octanol–water partition coefficient (Wildman–Crippen LogP) is 2.09. The Morgan fingerprint density at radius 1 is 1.17 bits per heavy atom. The summed E-state index contributed by atoms with van der Waals surface area (Å²) in [5, 5.41) is 0. The number of carbonyl (C=O) groups is 1. The molecule has 0 bridgehead atoms. The van der Waals surface area contributed by atoms with Crippen molar-refractivity contribution < 1.29 is 4.79 Å². The van der Waals surface area contributed by atoms with E-state index in [2.05, 4.69) is 12.2 Å². The first-order valence-electron chi connectivity index (χ1n) is 6.53. The van der Waals surface area contributed by atoms with Gasteiger partial charge in [-0.25, -0.2) is 0 Å². The van der Waals surface area contributed by atoms with Crippen molar-refractivity contribution in [2.75, 3.05) is 18.8 Å². The summed E-state index contributed by atoms with van der Waals surface area (Å²) in [5.74, 6) is 0.289. The molecule has 0 atom stereocenters. The monoisotopic (exact) mass is 242 g/mol. The zero-order chi connectivity index (χ0) is 12.6. The van der Waals surface area contributed by atoms with Crippen molar-refractivity contribution in [2.24, 2.45) is 0 Å². The number of carbonyl (C=O) groups excluding carboxylic acids is 1. The van der Waals surface area contributed by atoms with Crippen LogP contribution in [0, 0.1) is 0 Å². The minimum atomic E-state index is -0.251. The molecule has 94 valence electrons. The highest BCUT2D eigenvalue weighted by Crippen LogP contribution is 2.49. The van der Waals surface area contributed by atoms with Crippen molar-refractivity contribution in [1.82, 2.24) is 4.90 Å². The summed E-state index contributed by atoms with van der Waals surface area (Å²) in [6.07, 6.45) is 7.14. The first-order valence-corrected chi connectivity index (χ1v) is 6.53. The first kappa shape index (κ1) is 11.3. The molecule has 3 nitrogen and oxygen atoms in total. The zero-order valence-corrected chi connectivity index (χ0v) is 10.4. The molecule has 1 aromatic carbocycles. The maximum Gasteiger partial charge on any atom is 0.233 e. The largest absolute Gasteiger partial charge is 0.399 e. The standard InChI is InChI=1S/C15H18N2O/c16-13-6-4-12(5-7-13)15(8-9-15)14(18)17-10-2-1-3-11-17/h1-2,4-7H,3,8-11,16H2. The number of nitrogens with two attached hydrogens (primary N) is 1. The van der Waals surface area contributed by atoms with Crippen LogP contribution in [0.15, 0.2) is 36.4 Å². The van der Waals surface area contributed by atoms with E-state index in [4.69, 9.17) is 5.73 Å². The Balaban J connectivity index is 1.84. The van der Waals surface area contributed by atoms with Crippen LogP contribution in [0.2, 0.25) is 0 Å². The van der Waals surface area contributed by atoms with Gasteiger partial charge in [0.1, 0.15) is 0 Å². The molecule has 3 heteroatoms. The molecule has 1 fully saturated rings. The van der Waals surface area contributed by atoms with Gasteiger partial charge in [-0.1, -0.05) is 24.3 Å². The second kappa shape index (κ2) is 4.16. The van der Waals surface area contributed by atoms with Crippen LogP contribution < -0.4 is 5.73 Å². The summed E-state index contributed by atoms with van der Waals surface area (Å²) in [6.45, 7) is 1.61. The highest BCUT2D eigenvalue weighted by Gasteiger charge is 2.52. The molecule has 1 heterocycles. The number of anilines is 1. The average Bonchev–Trinajstić information content (AvgIpc) is 3.21. The lowest BCUT2D eigenvalue weighted by molar-refractivity contribution is -0.133. The number of benzene rings is 1. The van der Waals surface area contributed by atoms with E-state index in [0.29, 0.717) is 0 Å². The van der Waals surface area contributed by atoms with Crippen molar-refractivity contribution in [3.8, 4) is 0 Å². The highest BCUT2D eigenvalue weighted by molar-refractivity contribution is 5.91. The topological polar surface area (TPSA) is 46.3 Å². The van der Waals surface area contributed by atoms with Crippen LogP contribution in [0.25, 0.3) is 0 Å². The molecule has 1 saturated carbocycles. The van der Waals surface area contributed by atoms with E-state index in [1.807, 2.05) is 29.2 Å². The minimum Gasteiger partial charge on any atom is -0.399 e. The third-order valence-electron chi connectivity index (χ3n) is 3.97. The number of amides is 1. The Bertz CT molecular complexity index is 486. The molecular formula is C15H18N2O. The van der Waals surface area contributed by atoms with Crippen molar-refractivity contribution in [3.63, 3.8) is 0 Å². The molecule has 0 aromatic heterocycles. The third kappa shape index (κ3) is 1.80. The molecule has 0 radical (unpaired) electrons. The van der Waals surface area contributed by atoms with Crippen molar-refractivity contribution in [1.29, 1.82) is 0 Å². The summed E-state index contributed by atoms with van der Waals surface area (Å²) in [4.78, 5) is 14.6. The molecule has 1 aromatic rings. The fourth-order valence-corrected chi connectivity index (χ4v) is 2.68. The van der Waals surface area contributed by atoms with Crippen molar-refractivity contribution >= 4 is 11.6 Å². The van der Waals surface area contributed by atoms with E-state index >= 15 is 0 Å². The van der Waals surface area contributed by atoms with E-state index in [9.17, 15) is 4.79 Å². The maximum atomic E-state index is 12.6. The van der Waals surface area contributed by atoms with Gasteiger partial charge in [0.25, 0.3) is 0 Å². The molecule has 1 amide bonds. The first-order chi connectivity index (χ1) is 8.72. The normalized spacial score (nSPS) is 20.8. The second-order valence-electron chi connectivity index (χ2n) is 5.22. The van der Waals surface area contributed by atoms with E-state index in [1.165, 1.54) is 0 Å². The number of hydrogen-bond donors (Lipinski definition) is 1. The van der Waals surface area contributed by atoms with E-state index < -0.39 is 0 Å². The van der Waals surface area contributed by atoms with Gasteiger partial charge in [-0.15, -0.1) is 0 Å². The average molecular weight is 242 g/mol. The number of rotatable bonds is 2. The number of hydrogen-bond acceptors (Lipinski definition) is 2. The van der Waals surface area contributed by atoms with Gasteiger partial charge in [-0.2, -0.15) is 0 Å². The van der Waals surface area contributed by atoms with Crippen LogP contribution in [-0.4, -0.2) is 23.9 Å². The van der Waals surface area contributed by atoms with Gasteiger partial charge < -0.3 is 10.6 Å². The van der Waals surface area contributed by atoms with Gasteiger partial charge in [-0.3, -0.25) is 4.79 Å². The SMILES string of the molecule is Nc1ccc(C2(C(=O)N3CC=CCC3)CC2)cc1. The Hall–Kier alpha value is -1.77. The molecule has 3 rings (SSSR count). The van der Waals surface area contributed by atoms with Gasteiger partial charge in [0, 0.05) is 18.8 Å². The van der Waals surface area contributed by atoms with E-state index in [-0.39, 0.29) is 11.3 Å². The van der Waals surface area contributed by atoms with Crippen LogP contribution in [-0.2, 0) is 10.2 Å². The molecule has 1 aliphatic heterocycles. The molecular weight excluding hydrogens is 224 g/mol. The quantitative estimate of drug-likeness (QED) is 0.637. The summed E-state index contributed by atoms with van der Waals surface area (Å²) in [5.41, 5.74) is 7.33. The van der Waals surface area contributed by atoms with Crippen LogP contribution in [0.4, 0.5) is 5.69 Å². The van der Waals surface area contributed by atoms with Crippen molar-refractivity contribution in [3.05, 3.63) is 42.0 Å². The smallest absolute Gasteiger partial charge is 0.233 e. The number of nitrogens with zero attached hydrogens (tertiary/aromatic N) is 1. The fraction of sp³-hybridized carbons (Fsp3) is 0.400. The van der Waals surface area contributed by atoms with E-state index in [0.717, 1.165) is 43.6 Å². The van der Waals surface area contributed by atoms with Crippen LogP contribution in [0.5, 0.6) is 0 Å². The molecule has 2 aliphatic rings. The molecule has 18 heavy (non-hydrogen) atoms. The fourth-order valence-electron chi connectivity index (χ4n) is 2.68. The summed E-state index contributed by atoms with van der Waals surface area (Å²) in [7, 11) is 0. The van der Waals surface area contributed by atoms with Crippen molar-refractivity contribution in [2.45, 2.75) is 24.7 Å². The third-order valence-corrected chi connectivity index (χ3v) is 3.97. The van der Waals surface area contributed by atoms with Gasteiger partial charge in [0.15, 0.2) is 0 Å². The molecule has 2 N–H and O–H groups in total. The lowest BCUT2D eigenvalue weighted by atomic mass is 9.93. The summed E-state index contributed by atoms with van der Waals surface area (Å²) >= 11 is 0. The van der Waals surface area contributed by atoms with Gasteiger partial charge in [-0.05, 0) is 37.0 Å². The predicted molar refractivity (Wildman–Crippen MR) is 72.1 cm³/mol. The summed E-state index contributed by atoms with van der Waals surface area (Å²) < 4.78 is 0. The molecule has 0 unspecified atom stereocenters. The number of nitrogen functional groups attached to an aromatic ring is 1. The Labute approximate surface area is 107 Å². The molecule has 0 spiro atoms. The van der Waals surface area contributed by atoms with Crippen LogP contribution in [0.1, 0.15) is 24.8 Å². The molecule has 0 saturated heterocycles. The highest BCUT2D eigenvalue weighted by atomic mass is 16.2. The van der Waals surface area contributed by atoms with Gasteiger partial charge in [0.2, 0.25) is 5.91 Å². The van der Waals surface area contributed by atoms with Crippen LogP contribution in [0.3, 0.4) is 0 Å². The summed E-state index contributed by atoms with van der Waals surface area (Å²) in [6, 6.07) is 7.78. The lowest BCUT2D eigenvalue weighted by Crippen LogP contribution is -2.41. The zero-order valence-electron chi connectivity index (χ0n) is 10.4. The van der Waals surface area contributed by atoms with Gasteiger partial charge >= 0.3 is 0 Å². The van der Waals surface area contributed by atoms with Crippen LogP contribution >= 0.6 is 0 Å². The Kier molecular flexibility index (Phi) is 2.62. The maximum absolute atomic E-state index is 12.6. The van der Waals surface area contributed by atoms with E-state index in [1.54, 1.807) is 0 Å². The second-order valence-corrected chi connectivity index (χ2v) is 5.22.